The van der Waals surface area contributed by atoms with Crippen molar-refractivity contribution in [2.24, 2.45) is 4.99 Å². The average Bonchev–Trinajstić information content (AvgIpc) is 3.41. The summed E-state index contributed by atoms with van der Waals surface area (Å²) in [6.07, 6.45) is 7.05. The van der Waals surface area contributed by atoms with Crippen molar-refractivity contribution in [2.75, 3.05) is 13.2 Å². The van der Waals surface area contributed by atoms with E-state index in [0.717, 1.165) is 10.4 Å². The van der Waals surface area contributed by atoms with Gasteiger partial charge in [-0.15, -0.1) is 17.8 Å². The van der Waals surface area contributed by atoms with Crippen LogP contribution in [0.15, 0.2) is 62.8 Å². The number of nitrogens with zero attached hydrogens (tertiary/aromatic N) is 2. The van der Waals surface area contributed by atoms with Gasteiger partial charge in [-0.2, -0.15) is 0 Å². The van der Waals surface area contributed by atoms with Crippen LogP contribution in [0.3, 0.4) is 0 Å². The largest absolute Gasteiger partial charge is 0.481 e. The Kier molecular flexibility index (Phi) is 6.40. The smallest absolute Gasteiger partial charge is 0.338 e. The van der Waals surface area contributed by atoms with Crippen molar-refractivity contribution in [3.63, 3.8) is 0 Å². The Labute approximate surface area is 192 Å². The van der Waals surface area contributed by atoms with E-state index >= 15 is 0 Å². The van der Waals surface area contributed by atoms with E-state index in [4.69, 9.17) is 15.9 Å². The summed E-state index contributed by atoms with van der Waals surface area (Å²) in [5.41, 5.74) is 1.53. The van der Waals surface area contributed by atoms with Crippen LogP contribution >= 0.6 is 22.7 Å². The van der Waals surface area contributed by atoms with Gasteiger partial charge in [-0.25, -0.2) is 9.79 Å². The number of esters is 1. The molecule has 3 heterocycles. The van der Waals surface area contributed by atoms with Gasteiger partial charge >= 0.3 is 5.97 Å². The second kappa shape index (κ2) is 9.39. The maximum absolute atomic E-state index is 13.5. The molecular formula is C24H20N2O4S2. The Balaban J connectivity index is 1.86. The third kappa shape index (κ3) is 4.17. The van der Waals surface area contributed by atoms with E-state index < -0.39 is 12.0 Å². The molecule has 0 spiro atoms. The molecule has 0 bridgehead atoms. The van der Waals surface area contributed by atoms with Crippen molar-refractivity contribution in [2.45, 2.75) is 19.9 Å². The van der Waals surface area contributed by atoms with Crippen LogP contribution in [0.4, 0.5) is 0 Å². The molecule has 1 aromatic carbocycles. The quantitative estimate of drug-likeness (QED) is 0.416. The van der Waals surface area contributed by atoms with E-state index in [9.17, 15) is 9.59 Å². The topological polar surface area (TPSA) is 69.9 Å². The standard InChI is InChI=1S/C24H20N2O4S2/c1-4-11-30-17-9-6-8-16(13-17)14-19-22(27)26-21(18-10-7-12-31-18)20(23(28)29-5-2)15(3)25-24(26)32-19/h1,6-10,12-14,21H,5,11H2,2-3H3/b19-14-/t21-/m1/s1. The van der Waals surface area contributed by atoms with Gasteiger partial charge in [0.1, 0.15) is 18.4 Å². The highest BCUT2D eigenvalue weighted by atomic mass is 32.1. The van der Waals surface area contributed by atoms with E-state index in [2.05, 4.69) is 10.9 Å². The van der Waals surface area contributed by atoms with E-state index in [1.807, 2.05) is 41.8 Å². The lowest BCUT2D eigenvalue weighted by molar-refractivity contribution is -0.139. The molecule has 0 fully saturated rings. The lowest BCUT2D eigenvalue weighted by Crippen LogP contribution is -2.39. The molecule has 162 valence electrons. The molecule has 0 saturated carbocycles. The summed E-state index contributed by atoms with van der Waals surface area (Å²) in [7, 11) is 0. The van der Waals surface area contributed by atoms with Crippen LogP contribution in [0, 0.1) is 12.3 Å². The molecule has 6 nitrogen and oxygen atoms in total. The van der Waals surface area contributed by atoms with Gasteiger partial charge in [0.15, 0.2) is 4.80 Å². The molecule has 0 amide bonds. The Hall–Kier alpha value is -3.41. The highest BCUT2D eigenvalue weighted by Crippen LogP contribution is 2.33. The van der Waals surface area contributed by atoms with Crippen LogP contribution in [0.2, 0.25) is 0 Å². The Morgan fingerprint density at radius 3 is 2.91 bits per heavy atom. The van der Waals surface area contributed by atoms with E-state index in [1.54, 1.807) is 24.5 Å². The van der Waals surface area contributed by atoms with Crippen molar-refractivity contribution in [3.8, 4) is 18.1 Å². The van der Waals surface area contributed by atoms with Crippen LogP contribution < -0.4 is 19.6 Å². The summed E-state index contributed by atoms with van der Waals surface area (Å²) < 4.78 is 12.9. The van der Waals surface area contributed by atoms with Gasteiger partial charge in [0.25, 0.3) is 5.56 Å². The van der Waals surface area contributed by atoms with Crippen LogP contribution in [0.25, 0.3) is 6.08 Å². The zero-order valence-corrected chi connectivity index (χ0v) is 19.2. The molecular weight excluding hydrogens is 444 g/mol. The van der Waals surface area contributed by atoms with Crippen molar-refractivity contribution in [1.82, 2.24) is 4.57 Å². The summed E-state index contributed by atoms with van der Waals surface area (Å²) in [5.74, 6) is 2.60. The van der Waals surface area contributed by atoms with Gasteiger partial charge in [-0.1, -0.05) is 35.5 Å². The van der Waals surface area contributed by atoms with Crippen molar-refractivity contribution in [1.29, 1.82) is 0 Å². The Bertz CT molecular complexity index is 1410. The number of thiazole rings is 1. The number of thiophene rings is 1. The van der Waals surface area contributed by atoms with Gasteiger partial charge in [-0.05, 0) is 49.1 Å². The molecule has 1 aliphatic rings. The minimum atomic E-state index is -0.572. The number of fused-ring (bicyclic) bond motifs is 1. The lowest BCUT2D eigenvalue weighted by atomic mass is 10.0. The van der Waals surface area contributed by atoms with Crippen LogP contribution in [0.1, 0.15) is 30.3 Å². The van der Waals surface area contributed by atoms with Crippen LogP contribution in [-0.4, -0.2) is 23.8 Å². The highest BCUT2D eigenvalue weighted by Gasteiger charge is 2.33. The van der Waals surface area contributed by atoms with Gasteiger partial charge in [0.05, 0.1) is 22.4 Å². The lowest BCUT2D eigenvalue weighted by Gasteiger charge is -2.23. The maximum Gasteiger partial charge on any atom is 0.338 e. The number of terminal acetylenes is 1. The number of carbonyl (C=O) groups is 1. The summed E-state index contributed by atoms with van der Waals surface area (Å²) in [5, 5.41) is 1.92. The normalized spacial score (nSPS) is 15.7. The number of hydrogen-bond donors (Lipinski definition) is 0. The molecule has 32 heavy (non-hydrogen) atoms. The molecule has 0 aliphatic carbocycles. The molecule has 8 heteroatoms. The number of hydrogen-bond acceptors (Lipinski definition) is 7. The zero-order valence-electron chi connectivity index (χ0n) is 17.5. The molecule has 0 N–H and O–H groups in total. The minimum Gasteiger partial charge on any atom is -0.481 e. The third-order valence-corrected chi connectivity index (χ3v) is 6.72. The zero-order chi connectivity index (χ0) is 22.7. The first-order valence-electron chi connectivity index (χ1n) is 9.93. The number of carbonyl (C=O) groups excluding carboxylic acids is 1. The minimum absolute atomic E-state index is 0.169. The summed E-state index contributed by atoms with van der Waals surface area (Å²) >= 11 is 2.77. The molecule has 3 aromatic rings. The first-order chi connectivity index (χ1) is 15.5. The van der Waals surface area contributed by atoms with Crippen LogP contribution in [-0.2, 0) is 9.53 Å². The van der Waals surface area contributed by atoms with Crippen LogP contribution in [0.5, 0.6) is 5.75 Å². The molecule has 0 saturated heterocycles. The maximum atomic E-state index is 13.5. The summed E-state index contributed by atoms with van der Waals surface area (Å²) in [6, 6.07) is 10.6. The predicted molar refractivity (Wildman–Crippen MR) is 125 cm³/mol. The second-order valence-corrected chi connectivity index (χ2v) is 8.87. The second-order valence-electron chi connectivity index (χ2n) is 6.88. The van der Waals surface area contributed by atoms with E-state index in [-0.39, 0.29) is 18.8 Å². The van der Waals surface area contributed by atoms with Gasteiger partial charge in [0, 0.05) is 4.88 Å². The molecule has 2 aromatic heterocycles. The molecule has 1 aliphatic heterocycles. The van der Waals surface area contributed by atoms with Crippen molar-refractivity contribution >= 4 is 34.7 Å². The summed E-state index contributed by atoms with van der Waals surface area (Å²) in [6.45, 7) is 3.94. The van der Waals surface area contributed by atoms with Gasteiger partial charge < -0.3 is 9.47 Å². The van der Waals surface area contributed by atoms with Gasteiger partial charge in [0.2, 0.25) is 0 Å². The SMILES string of the molecule is C#CCOc1cccc(/C=c2\sc3n(c2=O)[C@H](c2cccs2)C(C(=O)OCC)=C(C)N=3)c1. The first-order valence-corrected chi connectivity index (χ1v) is 11.6. The molecule has 0 unspecified atom stereocenters. The molecule has 0 radical (unpaired) electrons. The van der Waals surface area contributed by atoms with E-state index in [1.165, 1.54) is 22.7 Å². The average molecular weight is 465 g/mol. The van der Waals surface area contributed by atoms with E-state index in [0.29, 0.717) is 26.4 Å². The predicted octanol–water partition coefficient (Wildman–Crippen LogP) is 2.87. The fourth-order valence-electron chi connectivity index (χ4n) is 3.48. The van der Waals surface area contributed by atoms with Crippen molar-refractivity contribution < 1.29 is 14.3 Å². The molecule has 4 rings (SSSR count). The first kappa shape index (κ1) is 21.8. The molecule has 1 atom stereocenters. The number of allylic oxidation sites excluding steroid dienone is 1. The van der Waals surface area contributed by atoms with Crippen molar-refractivity contribution in [3.05, 3.63) is 83.2 Å². The van der Waals surface area contributed by atoms with Gasteiger partial charge in [-0.3, -0.25) is 9.36 Å². The third-order valence-electron chi connectivity index (χ3n) is 4.81. The highest BCUT2D eigenvalue weighted by molar-refractivity contribution is 7.10. The number of ether oxygens (including phenoxy) is 2. The number of benzene rings is 1. The monoisotopic (exact) mass is 464 g/mol. The fourth-order valence-corrected chi connectivity index (χ4v) is 5.35. The summed E-state index contributed by atoms with van der Waals surface area (Å²) in [4.78, 5) is 32.2. The number of aromatic nitrogens is 1. The fraction of sp³-hybridized carbons (Fsp3) is 0.208. The Morgan fingerprint density at radius 2 is 2.19 bits per heavy atom. The number of rotatable bonds is 6. The Morgan fingerprint density at radius 1 is 1.34 bits per heavy atom.